The zero-order valence-corrected chi connectivity index (χ0v) is 8.74. The van der Waals surface area contributed by atoms with Gasteiger partial charge in [0, 0.05) is 13.0 Å². The SMILES string of the molecule is N#CCCCCNCc1cccc(O)c1. The van der Waals surface area contributed by atoms with Crippen LogP contribution in [0.1, 0.15) is 24.8 Å². The van der Waals surface area contributed by atoms with Crippen molar-refractivity contribution in [3.63, 3.8) is 0 Å². The van der Waals surface area contributed by atoms with Gasteiger partial charge in [0.1, 0.15) is 5.75 Å². The van der Waals surface area contributed by atoms with Gasteiger partial charge in [-0.3, -0.25) is 0 Å². The lowest BCUT2D eigenvalue weighted by atomic mass is 10.2. The van der Waals surface area contributed by atoms with Crippen LogP contribution >= 0.6 is 0 Å². The van der Waals surface area contributed by atoms with Gasteiger partial charge in [-0.25, -0.2) is 0 Å². The van der Waals surface area contributed by atoms with Gasteiger partial charge in [0.15, 0.2) is 0 Å². The molecule has 15 heavy (non-hydrogen) atoms. The molecule has 0 saturated carbocycles. The highest BCUT2D eigenvalue weighted by Crippen LogP contribution is 2.10. The molecule has 3 nitrogen and oxygen atoms in total. The van der Waals surface area contributed by atoms with E-state index < -0.39 is 0 Å². The molecule has 0 aromatic heterocycles. The molecule has 0 heterocycles. The number of unbranched alkanes of at least 4 members (excludes halogenated alkanes) is 2. The third kappa shape index (κ3) is 5.04. The topological polar surface area (TPSA) is 56.0 Å². The summed E-state index contributed by atoms with van der Waals surface area (Å²) in [5, 5.41) is 20.8. The summed E-state index contributed by atoms with van der Waals surface area (Å²) in [4.78, 5) is 0. The maximum Gasteiger partial charge on any atom is 0.115 e. The Hall–Kier alpha value is -1.53. The number of phenols is 1. The Morgan fingerprint density at radius 3 is 2.93 bits per heavy atom. The summed E-state index contributed by atoms with van der Waals surface area (Å²) in [6.45, 7) is 1.68. The van der Waals surface area contributed by atoms with Crippen molar-refractivity contribution < 1.29 is 5.11 Å². The van der Waals surface area contributed by atoms with Crippen LogP contribution in [0.3, 0.4) is 0 Å². The molecule has 0 bridgehead atoms. The summed E-state index contributed by atoms with van der Waals surface area (Å²) in [6, 6.07) is 9.35. The van der Waals surface area contributed by atoms with Crippen molar-refractivity contribution in [2.45, 2.75) is 25.8 Å². The molecule has 3 heteroatoms. The first kappa shape index (κ1) is 11.5. The minimum atomic E-state index is 0.304. The van der Waals surface area contributed by atoms with Crippen LogP contribution in [0.25, 0.3) is 0 Å². The molecule has 0 unspecified atom stereocenters. The number of rotatable bonds is 6. The molecular weight excluding hydrogens is 188 g/mol. The van der Waals surface area contributed by atoms with E-state index in [1.54, 1.807) is 12.1 Å². The predicted molar refractivity (Wildman–Crippen MR) is 59.3 cm³/mol. The van der Waals surface area contributed by atoms with Gasteiger partial charge in [-0.2, -0.15) is 5.26 Å². The number of aromatic hydroxyl groups is 1. The van der Waals surface area contributed by atoms with Crippen LogP contribution in [0, 0.1) is 11.3 Å². The van der Waals surface area contributed by atoms with Crippen molar-refractivity contribution in [3.8, 4) is 11.8 Å². The highest BCUT2D eigenvalue weighted by atomic mass is 16.3. The van der Waals surface area contributed by atoms with Gasteiger partial charge in [0.2, 0.25) is 0 Å². The van der Waals surface area contributed by atoms with E-state index in [9.17, 15) is 5.11 Å². The zero-order valence-electron chi connectivity index (χ0n) is 8.74. The fourth-order valence-electron chi connectivity index (χ4n) is 1.35. The molecular formula is C12H16N2O. The summed E-state index contributed by atoms with van der Waals surface area (Å²) in [5.74, 6) is 0.304. The van der Waals surface area contributed by atoms with Gasteiger partial charge in [0.05, 0.1) is 6.07 Å². The summed E-state index contributed by atoms with van der Waals surface area (Å²) < 4.78 is 0. The van der Waals surface area contributed by atoms with E-state index in [4.69, 9.17) is 5.26 Å². The molecule has 0 amide bonds. The lowest BCUT2D eigenvalue weighted by Gasteiger charge is -2.04. The number of nitrogens with zero attached hydrogens (tertiary/aromatic N) is 1. The largest absolute Gasteiger partial charge is 0.508 e. The Labute approximate surface area is 90.4 Å². The van der Waals surface area contributed by atoms with Crippen molar-refractivity contribution in [1.82, 2.24) is 5.32 Å². The Balaban J connectivity index is 2.13. The fraction of sp³-hybridized carbons (Fsp3) is 0.417. The summed E-state index contributed by atoms with van der Waals surface area (Å²) in [5.41, 5.74) is 1.08. The quantitative estimate of drug-likeness (QED) is 0.698. The molecule has 0 saturated heterocycles. The molecule has 0 radical (unpaired) electrons. The Morgan fingerprint density at radius 1 is 1.33 bits per heavy atom. The highest BCUT2D eigenvalue weighted by Gasteiger charge is 1.93. The summed E-state index contributed by atoms with van der Waals surface area (Å²) in [7, 11) is 0. The molecule has 2 N–H and O–H groups in total. The molecule has 0 aliphatic carbocycles. The Bertz CT molecular complexity index is 331. The van der Waals surface area contributed by atoms with Crippen LogP contribution in [0.4, 0.5) is 0 Å². The zero-order chi connectivity index (χ0) is 10.9. The predicted octanol–water partition coefficient (Wildman–Crippen LogP) is 2.18. The van der Waals surface area contributed by atoms with Gasteiger partial charge in [-0.15, -0.1) is 0 Å². The van der Waals surface area contributed by atoms with Crippen LogP contribution in [0.15, 0.2) is 24.3 Å². The monoisotopic (exact) mass is 204 g/mol. The number of benzene rings is 1. The van der Waals surface area contributed by atoms with Crippen LogP contribution in [-0.4, -0.2) is 11.7 Å². The third-order valence-corrected chi connectivity index (χ3v) is 2.13. The van der Waals surface area contributed by atoms with Gasteiger partial charge >= 0.3 is 0 Å². The number of hydrogen-bond donors (Lipinski definition) is 2. The normalized spacial score (nSPS) is 9.80. The van der Waals surface area contributed by atoms with Crippen molar-refractivity contribution in [2.24, 2.45) is 0 Å². The van der Waals surface area contributed by atoms with Gasteiger partial charge < -0.3 is 10.4 Å². The van der Waals surface area contributed by atoms with Gasteiger partial charge in [-0.1, -0.05) is 12.1 Å². The molecule has 0 atom stereocenters. The van der Waals surface area contributed by atoms with E-state index in [2.05, 4.69) is 11.4 Å². The first-order valence-corrected chi connectivity index (χ1v) is 5.18. The molecule has 0 spiro atoms. The van der Waals surface area contributed by atoms with Crippen molar-refractivity contribution in [3.05, 3.63) is 29.8 Å². The minimum Gasteiger partial charge on any atom is -0.508 e. The highest BCUT2D eigenvalue weighted by molar-refractivity contribution is 5.26. The number of hydrogen-bond acceptors (Lipinski definition) is 3. The molecule has 0 fully saturated rings. The van der Waals surface area contributed by atoms with E-state index >= 15 is 0 Å². The molecule has 80 valence electrons. The smallest absolute Gasteiger partial charge is 0.115 e. The van der Waals surface area contributed by atoms with E-state index in [1.807, 2.05) is 12.1 Å². The van der Waals surface area contributed by atoms with Crippen LogP contribution < -0.4 is 5.32 Å². The minimum absolute atomic E-state index is 0.304. The maximum atomic E-state index is 9.22. The first-order valence-electron chi connectivity index (χ1n) is 5.18. The van der Waals surface area contributed by atoms with Gasteiger partial charge in [0.25, 0.3) is 0 Å². The van der Waals surface area contributed by atoms with Crippen molar-refractivity contribution in [2.75, 3.05) is 6.54 Å². The third-order valence-electron chi connectivity index (χ3n) is 2.13. The molecule has 1 aromatic carbocycles. The molecule has 1 rings (SSSR count). The molecule has 1 aromatic rings. The van der Waals surface area contributed by atoms with E-state index in [0.29, 0.717) is 12.2 Å². The standard InChI is InChI=1S/C12H16N2O/c13-7-2-1-3-8-14-10-11-5-4-6-12(15)9-11/h4-6,9,14-15H,1-3,8,10H2. The second-order valence-electron chi connectivity index (χ2n) is 3.46. The second-order valence-corrected chi connectivity index (χ2v) is 3.46. The van der Waals surface area contributed by atoms with Crippen LogP contribution in [0.2, 0.25) is 0 Å². The Morgan fingerprint density at radius 2 is 2.20 bits per heavy atom. The van der Waals surface area contributed by atoms with Crippen LogP contribution in [0.5, 0.6) is 5.75 Å². The maximum absolute atomic E-state index is 9.22. The van der Waals surface area contributed by atoms with Gasteiger partial charge in [-0.05, 0) is 37.1 Å². The van der Waals surface area contributed by atoms with Crippen molar-refractivity contribution >= 4 is 0 Å². The number of nitrogens with one attached hydrogen (secondary N) is 1. The summed E-state index contributed by atoms with van der Waals surface area (Å²) in [6.07, 6.45) is 2.60. The van der Waals surface area contributed by atoms with Crippen LogP contribution in [-0.2, 0) is 6.54 Å². The first-order chi connectivity index (χ1) is 7.33. The van der Waals surface area contributed by atoms with E-state index in [-0.39, 0.29) is 0 Å². The van der Waals surface area contributed by atoms with Crippen molar-refractivity contribution in [1.29, 1.82) is 5.26 Å². The lowest BCUT2D eigenvalue weighted by Crippen LogP contribution is -2.14. The average molecular weight is 204 g/mol. The fourth-order valence-corrected chi connectivity index (χ4v) is 1.35. The molecule has 0 aliphatic heterocycles. The number of nitriles is 1. The second kappa shape index (κ2) is 6.86. The lowest BCUT2D eigenvalue weighted by molar-refractivity contribution is 0.474. The molecule has 0 aliphatic rings. The average Bonchev–Trinajstić information content (AvgIpc) is 2.23. The summed E-state index contributed by atoms with van der Waals surface area (Å²) >= 11 is 0. The van der Waals surface area contributed by atoms with E-state index in [0.717, 1.165) is 31.5 Å². The Kier molecular flexibility index (Phi) is 5.28. The van der Waals surface area contributed by atoms with E-state index in [1.165, 1.54) is 0 Å². The number of phenolic OH excluding ortho intramolecular Hbond substituents is 1.